The zero-order valence-electron chi connectivity index (χ0n) is 12.0. The van der Waals surface area contributed by atoms with Gasteiger partial charge in [-0.25, -0.2) is 0 Å². The van der Waals surface area contributed by atoms with E-state index in [-0.39, 0.29) is 17.6 Å². The number of anilines is 2. The molecule has 1 atom stereocenters. The number of piperidine rings is 1. The largest absolute Gasteiger partial charge is 0.398 e. The Hall–Kier alpha value is -2.04. The summed E-state index contributed by atoms with van der Waals surface area (Å²) in [5, 5.41) is 2.71. The molecule has 1 aromatic rings. The number of hydrogen-bond donors (Lipinski definition) is 2. The van der Waals surface area contributed by atoms with Crippen molar-refractivity contribution in [2.45, 2.75) is 19.8 Å². The Bertz CT molecular complexity index is 528. The summed E-state index contributed by atoms with van der Waals surface area (Å²) >= 11 is 0. The van der Waals surface area contributed by atoms with E-state index in [1.165, 1.54) is 6.92 Å². The predicted octanol–water partition coefficient (Wildman–Crippen LogP) is 1.43. The Morgan fingerprint density at radius 1 is 1.40 bits per heavy atom. The van der Waals surface area contributed by atoms with Gasteiger partial charge < -0.3 is 16.0 Å². The number of carbonyl (C=O) groups excluding carboxylic acids is 2. The van der Waals surface area contributed by atoms with Gasteiger partial charge in [-0.2, -0.15) is 0 Å². The van der Waals surface area contributed by atoms with Crippen LogP contribution in [0.3, 0.4) is 0 Å². The second-order valence-electron chi connectivity index (χ2n) is 5.23. The standard InChI is InChI=1S/C15H21N3O2/c1-10(19)13-8-12(5-6-14(13)16)18-7-3-4-11(9-18)15(20)17-2/h5-6,8,11H,3-4,7,9,16H2,1-2H3,(H,17,20). The highest BCUT2D eigenvalue weighted by Gasteiger charge is 2.25. The summed E-state index contributed by atoms with van der Waals surface area (Å²) in [5.74, 6) is 0.0493. The molecule has 1 aliphatic rings. The molecule has 1 aliphatic heterocycles. The Morgan fingerprint density at radius 3 is 2.80 bits per heavy atom. The molecule has 3 N–H and O–H groups in total. The zero-order chi connectivity index (χ0) is 14.7. The SMILES string of the molecule is CNC(=O)C1CCCN(c2ccc(N)c(C(C)=O)c2)C1. The van der Waals surface area contributed by atoms with Crippen molar-refractivity contribution in [3.05, 3.63) is 23.8 Å². The van der Waals surface area contributed by atoms with Gasteiger partial charge in [0, 0.05) is 37.1 Å². The van der Waals surface area contributed by atoms with Crippen molar-refractivity contribution < 1.29 is 9.59 Å². The summed E-state index contributed by atoms with van der Waals surface area (Å²) in [6, 6.07) is 5.49. The summed E-state index contributed by atoms with van der Waals surface area (Å²) in [6.07, 6.45) is 1.88. The summed E-state index contributed by atoms with van der Waals surface area (Å²) < 4.78 is 0. The molecule has 2 rings (SSSR count). The number of benzene rings is 1. The predicted molar refractivity (Wildman–Crippen MR) is 79.9 cm³/mol. The van der Waals surface area contributed by atoms with Gasteiger partial charge in [0.2, 0.25) is 5.91 Å². The number of nitrogens with two attached hydrogens (primary N) is 1. The Balaban J connectivity index is 2.21. The molecule has 20 heavy (non-hydrogen) atoms. The lowest BCUT2D eigenvalue weighted by Gasteiger charge is -2.33. The molecule has 1 saturated heterocycles. The summed E-state index contributed by atoms with van der Waals surface area (Å²) in [6.45, 7) is 3.09. The topological polar surface area (TPSA) is 75.4 Å². The van der Waals surface area contributed by atoms with Gasteiger partial charge in [-0.1, -0.05) is 0 Å². The maximum atomic E-state index is 11.8. The summed E-state index contributed by atoms with van der Waals surface area (Å²) in [5.41, 5.74) is 7.82. The molecule has 1 amide bonds. The molecule has 0 aromatic heterocycles. The number of nitrogen functional groups attached to an aromatic ring is 1. The van der Waals surface area contributed by atoms with E-state index in [4.69, 9.17) is 5.73 Å². The maximum Gasteiger partial charge on any atom is 0.224 e. The van der Waals surface area contributed by atoms with Gasteiger partial charge in [0.15, 0.2) is 5.78 Å². The van der Waals surface area contributed by atoms with Gasteiger partial charge in [-0.05, 0) is 38.0 Å². The second-order valence-corrected chi connectivity index (χ2v) is 5.23. The molecule has 5 heteroatoms. The van der Waals surface area contributed by atoms with Gasteiger partial charge in [0.1, 0.15) is 0 Å². The third-order valence-electron chi connectivity index (χ3n) is 3.82. The van der Waals surface area contributed by atoms with E-state index >= 15 is 0 Å². The van der Waals surface area contributed by atoms with Crippen LogP contribution in [0.15, 0.2) is 18.2 Å². The van der Waals surface area contributed by atoms with Crippen LogP contribution in [0.4, 0.5) is 11.4 Å². The molecule has 0 aliphatic carbocycles. The Labute approximate surface area is 119 Å². The van der Waals surface area contributed by atoms with Crippen molar-refractivity contribution in [2.24, 2.45) is 5.92 Å². The van der Waals surface area contributed by atoms with Crippen molar-refractivity contribution in [3.63, 3.8) is 0 Å². The minimum atomic E-state index is -0.0378. The Morgan fingerprint density at radius 2 is 2.15 bits per heavy atom. The highest BCUT2D eigenvalue weighted by Crippen LogP contribution is 2.26. The number of carbonyl (C=O) groups is 2. The van der Waals surface area contributed by atoms with Gasteiger partial charge in [0.25, 0.3) is 0 Å². The molecule has 0 radical (unpaired) electrons. The van der Waals surface area contributed by atoms with E-state index < -0.39 is 0 Å². The van der Waals surface area contributed by atoms with Gasteiger partial charge >= 0.3 is 0 Å². The van der Waals surface area contributed by atoms with Crippen LogP contribution in [-0.2, 0) is 4.79 Å². The number of ketones is 1. The van der Waals surface area contributed by atoms with E-state index in [0.29, 0.717) is 17.8 Å². The van der Waals surface area contributed by atoms with Crippen molar-refractivity contribution in [2.75, 3.05) is 30.8 Å². The van der Waals surface area contributed by atoms with E-state index in [0.717, 1.165) is 25.1 Å². The first-order valence-electron chi connectivity index (χ1n) is 6.90. The third-order valence-corrected chi connectivity index (χ3v) is 3.82. The number of nitrogens with one attached hydrogen (secondary N) is 1. The van der Waals surface area contributed by atoms with Gasteiger partial charge in [-0.3, -0.25) is 9.59 Å². The lowest BCUT2D eigenvalue weighted by Crippen LogP contribution is -2.42. The van der Waals surface area contributed by atoms with Crippen molar-refractivity contribution >= 4 is 23.1 Å². The third kappa shape index (κ3) is 2.92. The molecule has 108 valence electrons. The fourth-order valence-electron chi connectivity index (χ4n) is 2.68. The van der Waals surface area contributed by atoms with E-state index in [2.05, 4.69) is 10.2 Å². The smallest absolute Gasteiger partial charge is 0.224 e. The average Bonchev–Trinajstić information content (AvgIpc) is 2.46. The normalized spacial score (nSPS) is 18.7. The molecule has 5 nitrogen and oxygen atoms in total. The van der Waals surface area contributed by atoms with Crippen LogP contribution in [0, 0.1) is 5.92 Å². The summed E-state index contributed by atoms with van der Waals surface area (Å²) in [7, 11) is 1.67. The van der Waals surface area contributed by atoms with Crippen LogP contribution in [-0.4, -0.2) is 31.8 Å². The minimum Gasteiger partial charge on any atom is -0.398 e. The fourth-order valence-corrected chi connectivity index (χ4v) is 2.68. The molecule has 0 bridgehead atoms. The maximum absolute atomic E-state index is 11.8. The van der Waals surface area contributed by atoms with Crippen LogP contribution < -0.4 is 16.0 Å². The summed E-state index contributed by atoms with van der Waals surface area (Å²) in [4.78, 5) is 25.5. The molecular formula is C15H21N3O2. The first-order chi connectivity index (χ1) is 9.52. The first-order valence-corrected chi connectivity index (χ1v) is 6.90. The number of nitrogens with zero attached hydrogens (tertiary/aromatic N) is 1. The van der Waals surface area contributed by atoms with Gasteiger partial charge in [0.05, 0.1) is 5.92 Å². The zero-order valence-corrected chi connectivity index (χ0v) is 12.0. The average molecular weight is 275 g/mol. The minimum absolute atomic E-state index is 0.00656. The molecule has 1 unspecified atom stereocenters. The van der Waals surface area contributed by atoms with Crippen LogP contribution in [0.2, 0.25) is 0 Å². The number of rotatable bonds is 3. The molecule has 1 heterocycles. The van der Waals surface area contributed by atoms with E-state index in [1.807, 2.05) is 12.1 Å². The fraction of sp³-hybridized carbons (Fsp3) is 0.467. The molecule has 0 spiro atoms. The molecular weight excluding hydrogens is 254 g/mol. The lowest BCUT2D eigenvalue weighted by atomic mass is 9.96. The van der Waals surface area contributed by atoms with Gasteiger partial charge in [-0.15, -0.1) is 0 Å². The second kappa shape index (κ2) is 5.94. The lowest BCUT2D eigenvalue weighted by molar-refractivity contribution is -0.124. The van der Waals surface area contributed by atoms with Crippen LogP contribution in [0.5, 0.6) is 0 Å². The van der Waals surface area contributed by atoms with Crippen molar-refractivity contribution in [1.29, 1.82) is 0 Å². The quantitative estimate of drug-likeness (QED) is 0.646. The van der Waals surface area contributed by atoms with Crippen LogP contribution in [0.1, 0.15) is 30.1 Å². The number of hydrogen-bond acceptors (Lipinski definition) is 4. The van der Waals surface area contributed by atoms with E-state index in [9.17, 15) is 9.59 Å². The Kier molecular flexibility index (Phi) is 4.27. The van der Waals surface area contributed by atoms with Crippen LogP contribution in [0.25, 0.3) is 0 Å². The van der Waals surface area contributed by atoms with Crippen molar-refractivity contribution in [1.82, 2.24) is 5.32 Å². The van der Waals surface area contributed by atoms with E-state index in [1.54, 1.807) is 13.1 Å². The van der Waals surface area contributed by atoms with Crippen LogP contribution >= 0.6 is 0 Å². The molecule has 1 fully saturated rings. The molecule has 0 saturated carbocycles. The highest BCUT2D eigenvalue weighted by molar-refractivity contribution is 6.00. The monoisotopic (exact) mass is 275 g/mol. The number of Topliss-reactive ketones (excluding diaryl/α,β-unsaturated/α-hetero) is 1. The highest BCUT2D eigenvalue weighted by atomic mass is 16.1. The molecule has 1 aromatic carbocycles. The van der Waals surface area contributed by atoms with Crippen molar-refractivity contribution in [3.8, 4) is 0 Å². The first kappa shape index (κ1) is 14.4. The number of amides is 1.